The minimum atomic E-state index is -3.20. The molecule has 23 heavy (non-hydrogen) atoms. The molecule has 6 heteroatoms. The van der Waals surface area contributed by atoms with Gasteiger partial charge in [-0.2, -0.15) is 0 Å². The third-order valence-electron chi connectivity index (χ3n) is 4.42. The molecule has 0 unspecified atom stereocenters. The van der Waals surface area contributed by atoms with E-state index in [-0.39, 0.29) is 29.1 Å². The molecule has 0 bridgehead atoms. The number of benzene rings is 1. The van der Waals surface area contributed by atoms with Gasteiger partial charge in [0.25, 0.3) is 0 Å². The van der Waals surface area contributed by atoms with Crippen molar-refractivity contribution in [1.82, 2.24) is 5.32 Å². The molecule has 1 saturated carbocycles. The highest BCUT2D eigenvalue weighted by molar-refractivity contribution is 7.92. The Morgan fingerprint density at radius 3 is 2.57 bits per heavy atom. The summed E-state index contributed by atoms with van der Waals surface area (Å²) in [5.41, 5.74) is -0.111. The monoisotopic (exact) mass is 341 g/mol. The lowest BCUT2D eigenvalue weighted by molar-refractivity contribution is -0.122. The van der Waals surface area contributed by atoms with Crippen LogP contribution in [0.25, 0.3) is 0 Å². The predicted octanol–water partition coefficient (Wildman–Crippen LogP) is 2.92. The summed E-state index contributed by atoms with van der Waals surface area (Å²) in [5.74, 6) is -0.822. The summed E-state index contributed by atoms with van der Waals surface area (Å²) in [6, 6.07) is 6.03. The Morgan fingerprint density at radius 2 is 1.96 bits per heavy atom. The van der Waals surface area contributed by atoms with Gasteiger partial charge in [-0.05, 0) is 44.4 Å². The molecular formula is C17H24FNO3S. The quantitative estimate of drug-likeness (QED) is 0.865. The molecular weight excluding hydrogens is 317 g/mol. The number of hydrogen-bond donors (Lipinski definition) is 1. The van der Waals surface area contributed by atoms with Gasteiger partial charge in [-0.25, -0.2) is 12.8 Å². The molecule has 0 aromatic heterocycles. The van der Waals surface area contributed by atoms with Crippen molar-refractivity contribution in [3.63, 3.8) is 0 Å². The molecule has 0 radical (unpaired) electrons. The van der Waals surface area contributed by atoms with Crippen LogP contribution in [0.15, 0.2) is 24.3 Å². The second-order valence-electron chi connectivity index (χ2n) is 6.71. The van der Waals surface area contributed by atoms with E-state index in [1.807, 2.05) is 0 Å². The third kappa shape index (κ3) is 4.77. The number of sulfone groups is 1. The maximum absolute atomic E-state index is 13.3. The van der Waals surface area contributed by atoms with Crippen LogP contribution in [-0.2, 0) is 20.2 Å². The van der Waals surface area contributed by atoms with Crippen LogP contribution in [0.1, 0.15) is 51.5 Å². The maximum Gasteiger partial charge on any atom is 0.221 e. The van der Waals surface area contributed by atoms with Crippen LogP contribution in [0.4, 0.5) is 4.39 Å². The van der Waals surface area contributed by atoms with Gasteiger partial charge in [-0.15, -0.1) is 0 Å². The first kappa shape index (κ1) is 17.9. The summed E-state index contributed by atoms with van der Waals surface area (Å²) in [4.78, 5) is 12.1. The third-order valence-corrected chi connectivity index (χ3v) is 6.68. The fraction of sp³-hybridized carbons (Fsp3) is 0.588. The van der Waals surface area contributed by atoms with Gasteiger partial charge in [0, 0.05) is 6.42 Å². The van der Waals surface area contributed by atoms with Crippen molar-refractivity contribution in [3.8, 4) is 0 Å². The molecule has 1 fully saturated rings. The van der Waals surface area contributed by atoms with Crippen molar-refractivity contribution >= 4 is 15.7 Å². The van der Waals surface area contributed by atoms with Crippen LogP contribution >= 0.6 is 0 Å². The van der Waals surface area contributed by atoms with E-state index in [1.165, 1.54) is 12.1 Å². The standard InChI is InChI=1S/C17H24FNO3S/c1-17(2,13-6-5-7-14(18)12-13)19-16(20)10-11-23(21,22)15-8-3-4-9-15/h5-7,12,15H,3-4,8-11H2,1-2H3,(H,19,20). The van der Waals surface area contributed by atoms with E-state index in [4.69, 9.17) is 0 Å². The van der Waals surface area contributed by atoms with E-state index < -0.39 is 15.4 Å². The first-order chi connectivity index (χ1) is 10.7. The molecule has 0 atom stereocenters. The lowest BCUT2D eigenvalue weighted by Crippen LogP contribution is -2.41. The van der Waals surface area contributed by atoms with E-state index in [9.17, 15) is 17.6 Å². The average molecular weight is 341 g/mol. The van der Waals surface area contributed by atoms with Crippen LogP contribution in [0.2, 0.25) is 0 Å². The predicted molar refractivity (Wildman–Crippen MR) is 88.2 cm³/mol. The molecule has 4 nitrogen and oxygen atoms in total. The summed E-state index contributed by atoms with van der Waals surface area (Å²) < 4.78 is 37.7. The van der Waals surface area contributed by atoms with Crippen LogP contribution in [-0.4, -0.2) is 25.3 Å². The summed E-state index contributed by atoms with van der Waals surface area (Å²) in [7, 11) is -3.20. The molecule has 0 aliphatic heterocycles. The average Bonchev–Trinajstić information content (AvgIpc) is 3.00. The molecule has 1 aliphatic rings. The van der Waals surface area contributed by atoms with Crippen molar-refractivity contribution in [2.75, 3.05) is 5.75 Å². The van der Waals surface area contributed by atoms with Crippen molar-refractivity contribution in [2.45, 2.75) is 56.7 Å². The van der Waals surface area contributed by atoms with Gasteiger partial charge in [0.15, 0.2) is 9.84 Å². The fourth-order valence-electron chi connectivity index (χ4n) is 3.01. The first-order valence-corrected chi connectivity index (χ1v) is 9.71. The minimum absolute atomic E-state index is 0.0580. The topological polar surface area (TPSA) is 63.2 Å². The Labute approximate surface area is 137 Å². The van der Waals surface area contributed by atoms with Gasteiger partial charge in [0.05, 0.1) is 16.5 Å². The van der Waals surface area contributed by atoms with E-state index in [0.29, 0.717) is 18.4 Å². The van der Waals surface area contributed by atoms with Crippen molar-refractivity contribution < 1.29 is 17.6 Å². The van der Waals surface area contributed by atoms with E-state index in [0.717, 1.165) is 12.8 Å². The molecule has 0 spiro atoms. The molecule has 1 aromatic carbocycles. The molecule has 1 aromatic rings. The molecule has 0 saturated heterocycles. The van der Waals surface area contributed by atoms with Crippen molar-refractivity contribution in [2.24, 2.45) is 0 Å². The highest BCUT2D eigenvalue weighted by Crippen LogP contribution is 2.26. The zero-order chi connectivity index (χ0) is 17.1. The highest BCUT2D eigenvalue weighted by atomic mass is 32.2. The Balaban J connectivity index is 1.93. The number of hydrogen-bond acceptors (Lipinski definition) is 3. The van der Waals surface area contributed by atoms with Gasteiger partial charge in [-0.3, -0.25) is 4.79 Å². The van der Waals surface area contributed by atoms with Crippen LogP contribution in [0.5, 0.6) is 0 Å². The second kappa shape index (κ2) is 6.99. The number of carbonyl (C=O) groups is 1. The summed E-state index contributed by atoms with van der Waals surface area (Å²) >= 11 is 0. The summed E-state index contributed by atoms with van der Waals surface area (Å²) in [6.45, 7) is 3.54. The maximum atomic E-state index is 13.3. The van der Waals surface area contributed by atoms with Crippen molar-refractivity contribution in [3.05, 3.63) is 35.6 Å². The highest BCUT2D eigenvalue weighted by Gasteiger charge is 2.30. The Hall–Kier alpha value is -1.43. The van der Waals surface area contributed by atoms with Crippen LogP contribution in [0, 0.1) is 5.82 Å². The molecule has 1 N–H and O–H groups in total. The number of nitrogens with one attached hydrogen (secondary N) is 1. The van der Waals surface area contributed by atoms with Crippen LogP contribution in [0.3, 0.4) is 0 Å². The molecule has 1 aliphatic carbocycles. The Bertz CT molecular complexity index is 664. The summed E-state index contributed by atoms with van der Waals surface area (Å²) in [5, 5.41) is 2.51. The first-order valence-electron chi connectivity index (χ1n) is 7.99. The van der Waals surface area contributed by atoms with Crippen molar-refractivity contribution in [1.29, 1.82) is 0 Å². The Kier molecular flexibility index (Phi) is 5.45. The zero-order valence-electron chi connectivity index (χ0n) is 13.6. The number of amides is 1. The summed E-state index contributed by atoms with van der Waals surface area (Å²) in [6.07, 6.45) is 3.25. The normalized spacial score (nSPS) is 16.5. The number of halogens is 1. The lowest BCUT2D eigenvalue weighted by Gasteiger charge is -2.27. The smallest absolute Gasteiger partial charge is 0.221 e. The number of rotatable bonds is 6. The molecule has 2 rings (SSSR count). The van der Waals surface area contributed by atoms with E-state index >= 15 is 0 Å². The zero-order valence-corrected chi connectivity index (χ0v) is 14.5. The number of carbonyl (C=O) groups excluding carboxylic acids is 1. The van der Waals surface area contributed by atoms with E-state index in [1.54, 1.807) is 26.0 Å². The van der Waals surface area contributed by atoms with E-state index in [2.05, 4.69) is 5.32 Å². The van der Waals surface area contributed by atoms with Gasteiger partial charge in [0.1, 0.15) is 5.82 Å². The molecule has 0 heterocycles. The molecule has 1 amide bonds. The fourth-order valence-corrected chi connectivity index (χ4v) is 4.86. The SMILES string of the molecule is CC(C)(NC(=O)CCS(=O)(=O)C1CCCC1)c1cccc(F)c1. The molecule has 128 valence electrons. The lowest BCUT2D eigenvalue weighted by atomic mass is 9.94. The van der Waals surface area contributed by atoms with Gasteiger partial charge in [-0.1, -0.05) is 25.0 Å². The van der Waals surface area contributed by atoms with Gasteiger partial charge in [0.2, 0.25) is 5.91 Å². The minimum Gasteiger partial charge on any atom is -0.347 e. The van der Waals surface area contributed by atoms with Crippen LogP contribution < -0.4 is 5.32 Å². The Morgan fingerprint density at radius 1 is 1.30 bits per heavy atom. The second-order valence-corrected chi connectivity index (χ2v) is 9.11. The largest absolute Gasteiger partial charge is 0.347 e. The van der Waals surface area contributed by atoms with Gasteiger partial charge < -0.3 is 5.32 Å². The van der Waals surface area contributed by atoms with Gasteiger partial charge >= 0.3 is 0 Å².